The Morgan fingerprint density at radius 1 is 1.30 bits per heavy atom. The van der Waals surface area contributed by atoms with Gasteiger partial charge in [-0.2, -0.15) is 0 Å². The number of ether oxygens (including phenoxy) is 2. The molecule has 0 spiro atoms. The summed E-state index contributed by atoms with van der Waals surface area (Å²) in [5, 5.41) is 0. The van der Waals surface area contributed by atoms with E-state index in [0.29, 0.717) is 24.7 Å². The van der Waals surface area contributed by atoms with E-state index in [1.807, 2.05) is 6.07 Å². The van der Waals surface area contributed by atoms with Crippen molar-refractivity contribution in [3.63, 3.8) is 0 Å². The van der Waals surface area contributed by atoms with Crippen LogP contribution in [0.2, 0.25) is 0 Å². The average Bonchev–Trinajstić information content (AvgIpc) is 2.46. The fraction of sp³-hybridized carbons (Fsp3) is 0.500. The molecule has 1 aromatic carbocycles. The molecule has 2 rings (SSSR count). The number of hydrogen-bond donors (Lipinski definition) is 1. The topological polar surface area (TPSA) is 44.5 Å². The van der Waals surface area contributed by atoms with Crippen molar-refractivity contribution in [2.45, 2.75) is 19.4 Å². The Bertz CT molecular complexity index is 487. The lowest BCUT2D eigenvalue weighted by Gasteiger charge is -2.21. The standard InChI is InChI=1S/C16H20FNO2/c17-16-9-14(2-1-5-18)8-15(10-16)12-20-11-13-3-6-19-7-4-13/h8-10,13H,3-7,11-12,18H2. The van der Waals surface area contributed by atoms with Crippen molar-refractivity contribution in [1.29, 1.82) is 0 Å². The molecule has 1 aliphatic rings. The summed E-state index contributed by atoms with van der Waals surface area (Å²) >= 11 is 0. The molecule has 1 aromatic rings. The van der Waals surface area contributed by atoms with E-state index in [1.54, 1.807) is 0 Å². The van der Waals surface area contributed by atoms with Gasteiger partial charge in [0.15, 0.2) is 0 Å². The molecular weight excluding hydrogens is 257 g/mol. The van der Waals surface area contributed by atoms with Crippen molar-refractivity contribution in [3.05, 3.63) is 35.1 Å². The van der Waals surface area contributed by atoms with Crippen LogP contribution in [0, 0.1) is 23.6 Å². The second-order valence-corrected chi connectivity index (χ2v) is 4.92. The van der Waals surface area contributed by atoms with Crippen molar-refractivity contribution in [3.8, 4) is 11.8 Å². The fourth-order valence-electron chi connectivity index (χ4n) is 2.22. The van der Waals surface area contributed by atoms with Crippen molar-refractivity contribution < 1.29 is 13.9 Å². The fourth-order valence-corrected chi connectivity index (χ4v) is 2.22. The molecule has 0 saturated carbocycles. The highest BCUT2D eigenvalue weighted by Crippen LogP contribution is 2.16. The summed E-state index contributed by atoms with van der Waals surface area (Å²) in [5.74, 6) is 5.82. The Morgan fingerprint density at radius 2 is 2.10 bits per heavy atom. The maximum atomic E-state index is 13.5. The molecule has 0 aromatic heterocycles. The van der Waals surface area contributed by atoms with Crippen LogP contribution in [0.5, 0.6) is 0 Å². The van der Waals surface area contributed by atoms with E-state index in [-0.39, 0.29) is 12.4 Å². The van der Waals surface area contributed by atoms with Gasteiger partial charge >= 0.3 is 0 Å². The SMILES string of the molecule is NCC#Cc1cc(F)cc(COCC2CCOCC2)c1. The molecule has 0 atom stereocenters. The van der Waals surface area contributed by atoms with Crippen LogP contribution >= 0.6 is 0 Å². The summed E-state index contributed by atoms with van der Waals surface area (Å²) in [4.78, 5) is 0. The molecule has 0 aliphatic carbocycles. The van der Waals surface area contributed by atoms with Crippen LogP contribution in [0.3, 0.4) is 0 Å². The molecule has 1 fully saturated rings. The minimum Gasteiger partial charge on any atom is -0.381 e. The van der Waals surface area contributed by atoms with E-state index in [4.69, 9.17) is 15.2 Å². The summed E-state index contributed by atoms with van der Waals surface area (Å²) in [6.07, 6.45) is 2.08. The summed E-state index contributed by atoms with van der Waals surface area (Å²) < 4.78 is 24.4. The van der Waals surface area contributed by atoms with Crippen LogP contribution in [-0.2, 0) is 16.1 Å². The van der Waals surface area contributed by atoms with Crippen LogP contribution in [-0.4, -0.2) is 26.4 Å². The van der Waals surface area contributed by atoms with Gasteiger partial charge in [-0.3, -0.25) is 0 Å². The van der Waals surface area contributed by atoms with Crippen molar-refractivity contribution in [1.82, 2.24) is 0 Å². The lowest BCUT2D eigenvalue weighted by molar-refractivity contribution is 0.0157. The highest BCUT2D eigenvalue weighted by atomic mass is 19.1. The first kappa shape index (κ1) is 15.0. The van der Waals surface area contributed by atoms with E-state index >= 15 is 0 Å². The summed E-state index contributed by atoms with van der Waals surface area (Å²) in [7, 11) is 0. The zero-order valence-electron chi connectivity index (χ0n) is 11.5. The Kier molecular flexibility index (Phi) is 6.00. The quantitative estimate of drug-likeness (QED) is 0.857. The smallest absolute Gasteiger partial charge is 0.124 e. The van der Waals surface area contributed by atoms with Crippen LogP contribution in [0.25, 0.3) is 0 Å². The van der Waals surface area contributed by atoms with Gasteiger partial charge in [0.25, 0.3) is 0 Å². The molecule has 0 bridgehead atoms. The van der Waals surface area contributed by atoms with Gasteiger partial charge in [0, 0.05) is 18.8 Å². The largest absolute Gasteiger partial charge is 0.381 e. The molecule has 3 nitrogen and oxygen atoms in total. The monoisotopic (exact) mass is 277 g/mol. The highest BCUT2D eigenvalue weighted by molar-refractivity contribution is 5.37. The minimum absolute atomic E-state index is 0.270. The third-order valence-electron chi connectivity index (χ3n) is 3.26. The van der Waals surface area contributed by atoms with Crippen molar-refractivity contribution in [2.24, 2.45) is 11.7 Å². The number of halogens is 1. The summed E-state index contributed by atoms with van der Waals surface area (Å²) in [6, 6.07) is 4.73. The molecule has 4 heteroatoms. The van der Waals surface area contributed by atoms with Crippen molar-refractivity contribution >= 4 is 0 Å². The maximum absolute atomic E-state index is 13.5. The third kappa shape index (κ3) is 4.93. The molecule has 0 unspecified atom stereocenters. The zero-order valence-corrected chi connectivity index (χ0v) is 11.5. The van der Waals surface area contributed by atoms with E-state index in [1.165, 1.54) is 12.1 Å². The van der Waals surface area contributed by atoms with Gasteiger partial charge in [0.1, 0.15) is 5.82 Å². The van der Waals surface area contributed by atoms with Crippen LogP contribution < -0.4 is 5.73 Å². The molecule has 2 N–H and O–H groups in total. The Hall–Kier alpha value is -1.41. The molecule has 1 aliphatic heterocycles. The number of hydrogen-bond acceptors (Lipinski definition) is 3. The predicted molar refractivity (Wildman–Crippen MR) is 75.5 cm³/mol. The van der Waals surface area contributed by atoms with Crippen LogP contribution in [0.4, 0.5) is 4.39 Å². The van der Waals surface area contributed by atoms with Crippen molar-refractivity contribution in [2.75, 3.05) is 26.4 Å². The second kappa shape index (κ2) is 8.01. The van der Waals surface area contributed by atoms with E-state index in [2.05, 4.69) is 11.8 Å². The minimum atomic E-state index is -0.293. The number of benzene rings is 1. The van der Waals surface area contributed by atoms with Crippen LogP contribution in [0.1, 0.15) is 24.0 Å². The van der Waals surface area contributed by atoms with Gasteiger partial charge in [0.05, 0.1) is 19.8 Å². The number of rotatable bonds is 4. The molecule has 108 valence electrons. The van der Waals surface area contributed by atoms with E-state index < -0.39 is 0 Å². The molecule has 1 saturated heterocycles. The summed E-state index contributed by atoms with van der Waals surface area (Å²) in [6.45, 7) is 3.00. The first-order valence-electron chi connectivity index (χ1n) is 6.92. The highest BCUT2D eigenvalue weighted by Gasteiger charge is 2.13. The molecule has 20 heavy (non-hydrogen) atoms. The van der Waals surface area contributed by atoms with Gasteiger partial charge in [0.2, 0.25) is 0 Å². The predicted octanol–water partition coefficient (Wildman–Crippen LogP) is 2.08. The lowest BCUT2D eigenvalue weighted by Crippen LogP contribution is -2.20. The molecular formula is C16H20FNO2. The average molecular weight is 277 g/mol. The van der Waals surface area contributed by atoms with Gasteiger partial charge in [-0.1, -0.05) is 11.8 Å². The van der Waals surface area contributed by atoms with Gasteiger partial charge < -0.3 is 15.2 Å². The second-order valence-electron chi connectivity index (χ2n) is 4.92. The Balaban J connectivity index is 1.86. The normalized spacial score (nSPS) is 15.7. The van der Waals surface area contributed by atoms with E-state index in [0.717, 1.165) is 31.6 Å². The summed E-state index contributed by atoms with van der Waals surface area (Å²) in [5.41, 5.74) is 6.76. The van der Waals surface area contributed by atoms with Gasteiger partial charge in [-0.15, -0.1) is 0 Å². The molecule has 0 amide bonds. The first-order valence-corrected chi connectivity index (χ1v) is 6.92. The Labute approximate surface area is 119 Å². The lowest BCUT2D eigenvalue weighted by atomic mass is 10.0. The third-order valence-corrected chi connectivity index (χ3v) is 3.26. The molecule has 1 heterocycles. The zero-order chi connectivity index (χ0) is 14.2. The molecule has 0 radical (unpaired) electrons. The first-order chi connectivity index (χ1) is 9.78. The van der Waals surface area contributed by atoms with Gasteiger partial charge in [-0.05, 0) is 42.5 Å². The van der Waals surface area contributed by atoms with Gasteiger partial charge in [-0.25, -0.2) is 4.39 Å². The Morgan fingerprint density at radius 3 is 2.85 bits per heavy atom. The maximum Gasteiger partial charge on any atom is 0.124 e. The van der Waals surface area contributed by atoms with E-state index in [9.17, 15) is 4.39 Å². The van der Waals surface area contributed by atoms with Crippen LogP contribution in [0.15, 0.2) is 18.2 Å². The number of nitrogens with two attached hydrogens (primary N) is 1.